The minimum atomic E-state index is -0.455. The Hall–Kier alpha value is -1.18. The van der Waals surface area contributed by atoms with Crippen molar-refractivity contribution in [3.8, 4) is 5.75 Å². The molecule has 0 amide bonds. The number of nitrogens with zero attached hydrogens (tertiary/aromatic N) is 1. The number of aliphatic hydroxyl groups is 1. The van der Waals surface area contributed by atoms with Gasteiger partial charge < -0.3 is 25.6 Å². The van der Waals surface area contributed by atoms with E-state index in [1.54, 1.807) is 7.11 Å². The van der Waals surface area contributed by atoms with Crippen molar-refractivity contribution in [2.75, 3.05) is 20.2 Å². The van der Waals surface area contributed by atoms with Gasteiger partial charge in [-0.1, -0.05) is 12.1 Å². The highest BCUT2D eigenvalue weighted by Crippen LogP contribution is 2.17. The highest BCUT2D eigenvalue weighted by atomic mass is 16.8. The Morgan fingerprint density at radius 3 is 2.48 bits per heavy atom. The predicted molar refractivity (Wildman–Crippen MR) is 90.5 cm³/mol. The maximum atomic E-state index is 10.3. The number of aliphatic hydroxyl groups excluding tert-OH is 1. The normalized spacial score (nSPS) is 13.3. The fourth-order valence-electron chi connectivity index (χ4n) is 2.44. The average Bonchev–Trinajstić information content (AvgIpc) is 2.50. The van der Waals surface area contributed by atoms with Crippen LogP contribution < -0.4 is 10.1 Å². The number of hydrogen-bond acceptors (Lipinski definition) is 6. The molecule has 0 spiro atoms. The Morgan fingerprint density at radius 2 is 1.91 bits per heavy atom. The fraction of sp³-hybridized carbons (Fsp3) is 0.647. The number of rotatable bonds is 11. The lowest BCUT2D eigenvalue weighted by molar-refractivity contribution is -0.0419. The van der Waals surface area contributed by atoms with E-state index in [2.05, 4.69) is 19.2 Å². The van der Waals surface area contributed by atoms with E-state index in [1.165, 1.54) is 5.56 Å². The van der Waals surface area contributed by atoms with Gasteiger partial charge in [0.1, 0.15) is 5.75 Å². The van der Waals surface area contributed by atoms with Gasteiger partial charge >= 0.3 is 0 Å². The van der Waals surface area contributed by atoms with Crippen molar-refractivity contribution < 1.29 is 15.1 Å². The summed E-state index contributed by atoms with van der Waals surface area (Å²) in [5, 5.41) is 32.1. The summed E-state index contributed by atoms with van der Waals surface area (Å²) in [4.78, 5) is 0. The van der Waals surface area contributed by atoms with Gasteiger partial charge in [-0.3, -0.25) is 5.23 Å². The minimum Gasteiger partial charge on any atom is -0.762 e. The van der Waals surface area contributed by atoms with Crippen molar-refractivity contribution in [3.63, 3.8) is 0 Å². The van der Waals surface area contributed by atoms with E-state index in [0.29, 0.717) is 25.8 Å². The van der Waals surface area contributed by atoms with E-state index >= 15 is 0 Å². The standard InChI is InChI=1S/C17H29N2O4/c1-17(2,12-14-7-9-16(23-3)10-8-14)18-13-15(20)6-4-5-11-19(21)22/h7-10,15,18,20-21H,4-6,11-13H2,1-3H3/q-1. The number of hydroxylamine groups is 2. The van der Waals surface area contributed by atoms with Crippen LogP contribution in [0.15, 0.2) is 24.3 Å². The fourth-order valence-corrected chi connectivity index (χ4v) is 2.44. The predicted octanol–water partition coefficient (Wildman–Crippen LogP) is 2.33. The molecular weight excluding hydrogens is 296 g/mol. The van der Waals surface area contributed by atoms with Gasteiger partial charge in [-0.25, -0.2) is 0 Å². The number of nitrogens with one attached hydrogen (secondary N) is 1. The second-order valence-electron chi connectivity index (χ2n) is 6.52. The molecule has 0 saturated carbocycles. The first kappa shape index (κ1) is 19.9. The summed E-state index contributed by atoms with van der Waals surface area (Å²) in [6, 6.07) is 7.98. The lowest BCUT2D eigenvalue weighted by Gasteiger charge is -2.28. The first-order valence-corrected chi connectivity index (χ1v) is 8.02. The molecule has 1 unspecified atom stereocenters. The zero-order valence-electron chi connectivity index (χ0n) is 14.3. The monoisotopic (exact) mass is 325 g/mol. The SMILES string of the molecule is COc1ccc(CC(C)(C)NCC(O)CCCCN([O-])O)cc1. The largest absolute Gasteiger partial charge is 0.762 e. The third-order valence-corrected chi connectivity index (χ3v) is 3.76. The van der Waals surface area contributed by atoms with E-state index in [4.69, 9.17) is 9.94 Å². The maximum absolute atomic E-state index is 10.3. The van der Waals surface area contributed by atoms with Gasteiger partial charge in [0.25, 0.3) is 0 Å². The summed E-state index contributed by atoms with van der Waals surface area (Å²) in [7, 11) is 1.65. The van der Waals surface area contributed by atoms with Gasteiger partial charge in [0.05, 0.1) is 13.2 Å². The van der Waals surface area contributed by atoms with Gasteiger partial charge in [0.2, 0.25) is 0 Å². The van der Waals surface area contributed by atoms with Crippen LogP contribution in [0.25, 0.3) is 0 Å². The first-order chi connectivity index (χ1) is 10.8. The molecule has 0 saturated heterocycles. The van der Waals surface area contributed by atoms with Crippen LogP contribution in [0.3, 0.4) is 0 Å². The molecule has 0 aromatic heterocycles. The molecule has 0 fully saturated rings. The quantitative estimate of drug-likeness (QED) is 0.427. The molecule has 3 N–H and O–H groups in total. The van der Waals surface area contributed by atoms with Crippen LogP contribution in [0.1, 0.15) is 38.7 Å². The second-order valence-corrected chi connectivity index (χ2v) is 6.52. The van der Waals surface area contributed by atoms with E-state index in [0.717, 1.165) is 12.2 Å². The number of ether oxygens (including phenoxy) is 1. The van der Waals surface area contributed by atoms with Gasteiger partial charge in [0.15, 0.2) is 0 Å². The maximum Gasteiger partial charge on any atom is 0.118 e. The Labute approximate surface area is 138 Å². The Kier molecular flexibility index (Phi) is 8.51. The molecular formula is C17H29N2O4-. The topological polar surface area (TPSA) is 88.0 Å². The van der Waals surface area contributed by atoms with Gasteiger partial charge in [-0.15, -0.1) is 0 Å². The molecule has 6 heteroatoms. The smallest absolute Gasteiger partial charge is 0.118 e. The molecule has 23 heavy (non-hydrogen) atoms. The van der Waals surface area contributed by atoms with Crippen molar-refractivity contribution in [1.82, 2.24) is 10.5 Å². The molecule has 0 bridgehead atoms. The number of methoxy groups -OCH3 is 1. The van der Waals surface area contributed by atoms with Crippen molar-refractivity contribution >= 4 is 0 Å². The van der Waals surface area contributed by atoms with E-state index < -0.39 is 6.10 Å². The molecule has 1 rings (SSSR count). The summed E-state index contributed by atoms with van der Waals surface area (Å²) < 4.78 is 5.15. The number of benzene rings is 1. The summed E-state index contributed by atoms with van der Waals surface area (Å²) in [6.45, 7) is 4.79. The van der Waals surface area contributed by atoms with Gasteiger partial charge in [-0.2, -0.15) is 0 Å². The number of unbranched alkanes of at least 4 members (excludes halogenated alkanes) is 1. The Balaban J connectivity index is 2.30. The molecule has 132 valence electrons. The summed E-state index contributed by atoms with van der Waals surface area (Å²) in [5.74, 6) is 0.842. The van der Waals surface area contributed by atoms with E-state index in [-0.39, 0.29) is 17.3 Å². The van der Waals surface area contributed by atoms with E-state index in [9.17, 15) is 10.3 Å². The zero-order valence-corrected chi connectivity index (χ0v) is 14.3. The van der Waals surface area contributed by atoms with Gasteiger partial charge in [0, 0.05) is 18.6 Å². The number of hydrogen-bond donors (Lipinski definition) is 3. The highest BCUT2D eigenvalue weighted by Gasteiger charge is 2.19. The zero-order chi connectivity index (χ0) is 17.3. The lowest BCUT2D eigenvalue weighted by Crippen LogP contribution is -2.45. The van der Waals surface area contributed by atoms with Crippen LogP contribution in [0.4, 0.5) is 0 Å². The van der Waals surface area contributed by atoms with Crippen LogP contribution in [0.5, 0.6) is 5.75 Å². The summed E-state index contributed by atoms with van der Waals surface area (Å²) >= 11 is 0. The van der Waals surface area contributed by atoms with Crippen LogP contribution >= 0.6 is 0 Å². The average molecular weight is 325 g/mol. The molecule has 1 aromatic carbocycles. The lowest BCUT2D eigenvalue weighted by atomic mass is 9.94. The molecule has 6 nitrogen and oxygen atoms in total. The summed E-state index contributed by atoms with van der Waals surface area (Å²) in [5.41, 5.74) is 1.07. The minimum absolute atomic E-state index is 0.0669. The summed E-state index contributed by atoms with van der Waals surface area (Å²) in [6.07, 6.45) is 2.29. The second kappa shape index (κ2) is 9.85. The molecule has 0 aliphatic heterocycles. The van der Waals surface area contributed by atoms with Crippen LogP contribution in [-0.4, -0.2) is 47.4 Å². The Morgan fingerprint density at radius 1 is 1.26 bits per heavy atom. The van der Waals surface area contributed by atoms with Crippen molar-refractivity contribution in [2.45, 2.75) is 51.2 Å². The van der Waals surface area contributed by atoms with Crippen molar-refractivity contribution in [1.29, 1.82) is 0 Å². The third kappa shape index (κ3) is 8.88. The molecule has 1 aromatic rings. The third-order valence-electron chi connectivity index (χ3n) is 3.76. The molecule has 1 atom stereocenters. The first-order valence-electron chi connectivity index (χ1n) is 8.02. The molecule has 0 aliphatic carbocycles. The molecule has 0 aliphatic rings. The molecule has 0 radical (unpaired) electrons. The van der Waals surface area contributed by atoms with Crippen molar-refractivity contribution in [2.24, 2.45) is 0 Å². The van der Waals surface area contributed by atoms with Crippen LogP contribution in [-0.2, 0) is 6.42 Å². The van der Waals surface area contributed by atoms with E-state index in [1.807, 2.05) is 24.3 Å². The van der Waals surface area contributed by atoms with Crippen molar-refractivity contribution in [3.05, 3.63) is 35.0 Å². The number of β-amino-alcohol motifs (C(OH)–C–C–N with tert-alkyl or cyclic N) is 1. The van der Waals surface area contributed by atoms with Crippen LogP contribution in [0.2, 0.25) is 0 Å². The highest BCUT2D eigenvalue weighted by molar-refractivity contribution is 5.28. The molecule has 0 heterocycles. The van der Waals surface area contributed by atoms with Crippen LogP contribution in [0, 0.1) is 5.21 Å². The Bertz CT molecular complexity index is 435. The van der Waals surface area contributed by atoms with Gasteiger partial charge in [-0.05, 0) is 57.2 Å².